The molecular formula is C25H29NO. The average molecular weight is 360 g/mol. The maximum absolute atomic E-state index is 8.96. The lowest BCUT2D eigenvalue weighted by Gasteiger charge is -2.43. The number of nitriles is 1. The van der Waals surface area contributed by atoms with E-state index >= 15 is 0 Å². The molecule has 0 unspecified atom stereocenters. The Hall–Kier alpha value is -2.53. The van der Waals surface area contributed by atoms with E-state index in [0.29, 0.717) is 5.56 Å². The van der Waals surface area contributed by atoms with Crippen LogP contribution >= 0.6 is 0 Å². The Labute approximate surface area is 163 Å². The number of hydrogen-bond donors (Lipinski definition) is 0. The van der Waals surface area contributed by atoms with Crippen LogP contribution in [0.4, 0.5) is 0 Å². The van der Waals surface area contributed by atoms with Crippen LogP contribution in [0.2, 0.25) is 0 Å². The van der Waals surface area contributed by atoms with Gasteiger partial charge in [-0.05, 0) is 59.4 Å². The first-order chi connectivity index (χ1) is 12.7. The highest BCUT2D eigenvalue weighted by molar-refractivity contribution is 5.77. The smallest absolute Gasteiger partial charge is 0.130 e. The largest absolute Gasteiger partial charge is 0.496 e. The monoisotopic (exact) mass is 359 g/mol. The number of nitrogens with zero attached hydrogens (tertiary/aromatic N) is 1. The zero-order valence-corrected chi connectivity index (χ0v) is 17.3. The molecule has 0 N–H and O–H groups in total. The molecule has 3 rings (SSSR count). The third-order valence-corrected chi connectivity index (χ3v) is 5.99. The number of benzene rings is 2. The molecule has 2 heteroatoms. The molecule has 0 fully saturated rings. The minimum Gasteiger partial charge on any atom is -0.496 e. The predicted octanol–water partition coefficient (Wildman–Crippen LogP) is 6.39. The van der Waals surface area contributed by atoms with E-state index in [1.54, 1.807) is 7.11 Å². The van der Waals surface area contributed by atoms with Crippen molar-refractivity contribution >= 4 is 12.2 Å². The second kappa shape index (κ2) is 6.89. The molecule has 0 atom stereocenters. The number of fused-ring (bicyclic) bond motifs is 1. The number of rotatable bonds is 3. The summed E-state index contributed by atoms with van der Waals surface area (Å²) in [5.74, 6) is 1.01. The lowest BCUT2D eigenvalue weighted by molar-refractivity contribution is 0.311. The highest BCUT2D eigenvalue weighted by atomic mass is 16.5. The van der Waals surface area contributed by atoms with E-state index < -0.39 is 0 Å². The molecule has 0 spiro atoms. The van der Waals surface area contributed by atoms with E-state index in [2.05, 4.69) is 58.9 Å². The molecule has 2 aromatic rings. The van der Waals surface area contributed by atoms with Crippen LogP contribution < -0.4 is 4.74 Å². The van der Waals surface area contributed by atoms with E-state index in [9.17, 15) is 0 Å². The maximum atomic E-state index is 8.96. The molecule has 0 bridgehead atoms. The van der Waals surface area contributed by atoms with Gasteiger partial charge in [-0.2, -0.15) is 5.26 Å². The SMILES string of the molecule is COc1c(C=Cc2ccc(C#N)cc2)c(C)cc2c1C(C)(C)CCC2(C)C. The lowest BCUT2D eigenvalue weighted by atomic mass is 9.62. The Balaban J connectivity index is 2.14. The highest BCUT2D eigenvalue weighted by Gasteiger charge is 2.40. The van der Waals surface area contributed by atoms with Gasteiger partial charge in [0.05, 0.1) is 18.7 Å². The molecule has 0 saturated heterocycles. The molecule has 140 valence electrons. The van der Waals surface area contributed by atoms with Gasteiger partial charge in [0.25, 0.3) is 0 Å². The summed E-state index contributed by atoms with van der Waals surface area (Å²) in [6.07, 6.45) is 6.59. The van der Waals surface area contributed by atoms with Crippen LogP contribution in [0.15, 0.2) is 30.3 Å². The quantitative estimate of drug-likeness (QED) is 0.594. The van der Waals surface area contributed by atoms with Crippen LogP contribution in [0.3, 0.4) is 0 Å². The first kappa shape index (κ1) is 19.2. The fraction of sp³-hybridized carbons (Fsp3) is 0.400. The van der Waals surface area contributed by atoms with Crippen LogP contribution in [0.5, 0.6) is 5.75 Å². The van der Waals surface area contributed by atoms with Crippen molar-refractivity contribution in [1.82, 2.24) is 0 Å². The molecule has 0 aliphatic heterocycles. The second-order valence-corrected chi connectivity index (χ2v) is 8.90. The van der Waals surface area contributed by atoms with Gasteiger partial charge in [0.15, 0.2) is 0 Å². The van der Waals surface area contributed by atoms with E-state index in [1.807, 2.05) is 24.3 Å². The van der Waals surface area contributed by atoms with Gasteiger partial charge in [-0.25, -0.2) is 0 Å². The Morgan fingerprint density at radius 1 is 1.00 bits per heavy atom. The van der Waals surface area contributed by atoms with Crippen molar-refractivity contribution in [1.29, 1.82) is 5.26 Å². The molecule has 0 heterocycles. The first-order valence-electron chi connectivity index (χ1n) is 9.60. The van der Waals surface area contributed by atoms with Crippen LogP contribution in [0.25, 0.3) is 12.2 Å². The zero-order chi connectivity index (χ0) is 19.8. The number of aryl methyl sites for hydroxylation is 1. The summed E-state index contributed by atoms with van der Waals surface area (Å²) in [5, 5.41) is 8.96. The molecule has 1 aliphatic rings. The van der Waals surface area contributed by atoms with Crippen molar-refractivity contribution in [3.8, 4) is 11.8 Å². The number of methoxy groups -OCH3 is 1. The zero-order valence-electron chi connectivity index (χ0n) is 17.3. The summed E-state index contributed by atoms with van der Waals surface area (Å²) in [7, 11) is 1.78. The van der Waals surface area contributed by atoms with Crippen molar-refractivity contribution in [2.75, 3.05) is 7.11 Å². The van der Waals surface area contributed by atoms with Crippen molar-refractivity contribution in [2.24, 2.45) is 0 Å². The van der Waals surface area contributed by atoms with Crippen molar-refractivity contribution in [3.05, 3.63) is 63.7 Å². The molecule has 0 amide bonds. The van der Waals surface area contributed by atoms with E-state index in [0.717, 1.165) is 23.3 Å². The molecule has 0 aromatic heterocycles. The van der Waals surface area contributed by atoms with Crippen molar-refractivity contribution in [3.63, 3.8) is 0 Å². The minimum atomic E-state index is 0.0981. The van der Waals surface area contributed by atoms with Gasteiger partial charge >= 0.3 is 0 Å². The number of ether oxygens (including phenoxy) is 1. The van der Waals surface area contributed by atoms with Crippen LogP contribution in [0, 0.1) is 18.3 Å². The fourth-order valence-electron chi connectivity index (χ4n) is 4.16. The molecule has 2 nitrogen and oxygen atoms in total. The average Bonchev–Trinajstić information content (AvgIpc) is 2.64. The van der Waals surface area contributed by atoms with Gasteiger partial charge in [0.1, 0.15) is 5.75 Å². The summed E-state index contributed by atoms with van der Waals surface area (Å²) in [5.41, 5.74) is 7.17. The van der Waals surface area contributed by atoms with Crippen LogP contribution in [-0.4, -0.2) is 7.11 Å². The summed E-state index contributed by atoms with van der Waals surface area (Å²) in [6, 6.07) is 12.2. The number of hydrogen-bond acceptors (Lipinski definition) is 2. The summed E-state index contributed by atoms with van der Waals surface area (Å²) >= 11 is 0. The predicted molar refractivity (Wildman–Crippen MR) is 113 cm³/mol. The fourth-order valence-corrected chi connectivity index (χ4v) is 4.16. The lowest BCUT2D eigenvalue weighted by Crippen LogP contribution is -2.34. The van der Waals surface area contributed by atoms with Crippen LogP contribution in [0.1, 0.15) is 73.9 Å². The summed E-state index contributed by atoms with van der Waals surface area (Å²) < 4.78 is 5.98. The molecule has 27 heavy (non-hydrogen) atoms. The minimum absolute atomic E-state index is 0.0981. The standard InChI is InChI=1S/C25H29NO/c1-17-15-21-22(25(4,5)14-13-24(21,2)3)23(27-6)20(17)12-11-18-7-9-19(16-26)10-8-18/h7-12,15H,13-14H2,1-6H3. The van der Waals surface area contributed by atoms with Crippen molar-refractivity contribution in [2.45, 2.75) is 58.3 Å². The Morgan fingerprint density at radius 3 is 2.22 bits per heavy atom. The molecule has 0 saturated carbocycles. The molecule has 2 aromatic carbocycles. The topological polar surface area (TPSA) is 33.0 Å². The third kappa shape index (κ3) is 3.52. The summed E-state index contributed by atoms with van der Waals surface area (Å²) in [4.78, 5) is 0. The summed E-state index contributed by atoms with van der Waals surface area (Å²) in [6.45, 7) is 11.5. The Morgan fingerprint density at radius 2 is 1.63 bits per heavy atom. The third-order valence-electron chi connectivity index (χ3n) is 5.99. The Kier molecular flexibility index (Phi) is 4.91. The first-order valence-corrected chi connectivity index (χ1v) is 9.60. The Bertz CT molecular complexity index is 924. The maximum Gasteiger partial charge on any atom is 0.130 e. The highest BCUT2D eigenvalue weighted by Crippen LogP contribution is 2.51. The molecule has 1 aliphatic carbocycles. The normalized spacial score (nSPS) is 17.4. The van der Waals surface area contributed by atoms with Gasteiger partial charge in [-0.15, -0.1) is 0 Å². The van der Waals surface area contributed by atoms with Gasteiger partial charge < -0.3 is 4.74 Å². The molecule has 0 radical (unpaired) electrons. The van der Waals surface area contributed by atoms with Crippen molar-refractivity contribution < 1.29 is 4.74 Å². The van der Waals surface area contributed by atoms with E-state index in [-0.39, 0.29) is 10.8 Å². The van der Waals surface area contributed by atoms with Gasteiger partial charge in [0.2, 0.25) is 0 Å². The van der Waals surface area contributed by atoms with E-state index in [1.165, 1.54) is 23.1 Å². The van der Waals surface area contributed by atoms with Gasteiger partial charge in [-0.1, -0.05) is 58.0 Å². The van der Waals surface area contributed by atoms with E-state index in [4.69, 9.17) is 10.00 Å². The van der Waals surface area contributed by atoms with Gasteiger partial charge in [0, 0.05) is 11.1 Å². The second-order valence-electron chi connectivity index (χ2n) is 8.90. The van der Waals surface area contributed by atoms with Gasteiger partial charge in [-0.3, -0.25) is 0 Å². The van der Waals surface area contributed by atoms with Crippen LogP contribution in [-0.2, 0) is 10.8 Å². The molecular weight excluding hydrogens is 330 g/mol.